The number of aromatic nitrogens is 1. The summed E-state index contributed by atoms with van der Waals surface area (Å²) in [5, 5.41) is 8.90. The van der Waals surface area contributed by atoms with Crippen LogP contribution in [0.15, 0.2) is 23.4 Å². The Hall–Kier alpha value is -1.06. The summed E-state index contributed by atoms with van der Waals surface area (Å²) < 4.78 is 36.7. The third-order valence-electron chi connectivity index (χ3n) is 3.37. The average molecular weight is 302 g/mol. The maximum atomic E-state index is 12.4. The van der Waals surface area contributed by atoms with E-state index in [1.807, 2.05) is 0 Å². The molecule has 7 nitrogen and oxygen atoms in total. The summed E-state index contributed by atoms with van der Waals surface area (Å²) in [7, 11) is -0.611. The minimum atomic E-state index is -3.67. The molecule has 1 saturated heterocycles. The molecule has 1 aromatic heterocycles. The molecule has 0 aliphatic carbocycles. The van der Waals surface area contributed by atoms with Crippen LogP contribution in [-0.4, -0.2) is 62.3 Å². The number of aliphatic hydroxyl groups is 1. The van der Waals surface area contributed by atoms with E-state index in [0.29, 0.717) is 5.56 Å². The third-order valence-corrected chi connectivity index (χ3v) is 5.12. The molecule has 0 spiro atoms. The molecular formula is C12H18N2O5S. The lowest BCUT2D eigenvalue weighted by molar-refractivity contribution is -0.00461. The predicted octanol–water partition coefficient (Wildman–Crippen LogP) is -0.392. The first kappa shape index (κ1) is 15.3. The van der Waals surface area contributed by atoms with Gasteiger partial charge in [0.05, 0.1) is 18.8 Å². The highest BCUT2D eigenvalue weighted by atomic mass is 32.2. The van der Waals surface area contributed by atoms with Crippen molar-refractivity contribution in [2.24, 2.45) is 0 Å². The SMILES string of the molecule is COC1CN(S(=O)(=O)c2ccc(CO)cn2)CC1OC. The zero-order valence-electron chi connectivity index (χ0n) is 11.4. The molecule has 0 saturated carbocycles. The Kier molecular flexibility index (Phi) is 4.71. The predicted molar refractivity (Wildman–Crippen MR) is 70.5 cm³/mol. The third kappa shape index (κ3) is 2.84. The van der Waals surface area contributed by atoms with E-state index in [2.05, 4.69) is 4.98 Å². The van der Waals surface area contributed by atoms with Crippen molar-refractivity contribution in [3.8, 4) is 0 Å². The summed E-state index contributed by atoms with van der Waals surface area (Å²) in [6, 6.07) is 2.93. The Labute approximate surface area is 118 Å². The number of methoxy groups -OCH3 is 2. The maximum Gasteiger partial charge on any atom is 0.260 e. The monoisotopic (exact) mass is 302 g/mol. The van der Waals surface area contributed by atoms with Crippen LogP contribution in [0.4, 0.5) is 0 Å². The summed E-state index contributed by atoms with van der Waals surface area (Å²) in [6.07, 6.45) is 0.780. The smallest absolute Gasteiger partial charge is 0.260 e. The van der Waals surface area contributed by atoms with Crippen molar-refractivity contribution in [1.82, 2.24) is 9.29 Å². The maximum absolute atomic E-state index is 12.4. The Morgan fingerprint density at radius 2 is 1.90 bits per heavy atom. The summed E-state index contributed by atoms with van der Waals surface area (Å²) in [6.45, 7) is 0.302. The summed E-state index contributed by atoms with van der Waals surface area (Å²) in [5.41, 5.74) is 0.565. The average Bonchev–Trinajstić information content (AvgIpc) is 2.91. The largest absolute Gasteiger partial charge is 0.392 e. The van der Waals surface area contributed by atoms with Crippen molar-refractivity contribution in [2.75, 3.05) is 27.3 Å². The molecule has 8 heteroatoms. The summed E-state index contributed by atoms with van der Waals surface area (Å²) in [4.78, 5) is 3.90. The summed E-state index contributed by atoms with van der Waals surface area (Å²) >= 11 is 0. The van der Waals surface area contributed by atoms with Crippen LogP contribution in [0.3, 0.4) is 0 Å². The lowest BCUT2D eigenvalue weighted by Gasteiger charge is -2.15. The van der Waals surface area contributed by atoms with Gasteiger partial charge in [0.1, 0.15) is 0 Å². The molecule has 0 bridgehead atoms. The Morgan fingerprint density at radius 3 is 2.30 bits per heavy atom. The quantitative estimate of drug-likeness (QED) is 0.797. The fourth-order valence-corrected chi connectivity index (χ4v) is 3.53. The number of nitrogens with zero attached hydrogens (tertiary/aromatic N) is 2. The fourth-order valence-electron chi connectivity index (χ4n) is 2.15. The molecule has 20 heavy (non-hydrogen) atoms. The Balaban J connectivity index is 2.22. The number of ether oxygens (including phenoxy) is 2. The van der Waals surface area contributed by atoms with Crippen molar-refractivity contribution in [1.29, 1.82) is 0 Å². The highest BCUT2D eigenvalue weighted by molar-refractivity contribution is 7.89. The number of sulfonamides is 1. The number of pyridine rings is 1. The standard InChI is InChI=1S/C12H18N2O5S/c1-18-10-6-14(7-11(10)19-2)20(16,17)12-4-3-9(8-15)5-13-12/h3-5,10-11,15H,6-8H2,1-2H3. The molecule has 0 aromatic carbocycles. The van der Waals surface area contributed by atoms with Crippen LogP contribution >= 0.6 is 0 Å². The zero-order chi connectivity index (χ0) is 14.8. The van der Waals surface area contributed by atoms with Crippen LogP contribution < -0.4 is 0 Å². The molecule has 1 N–H and O–H groups in total. The Bertz CT molecular complexity index is 533. The van der Waals surface area contributed by atoms with E-state index in [0.717, 1.165) is 0 Å². The molecule has 2 rings (SSSR count). The number of rotatable bonds is 5. The van der Waals surface area contributed by atoms with Gasteiger partial charge in [-0.1, -0.05) is 6.07 Å². The molecule has 1 aliphatic rings. The van der Waals surface area contributed by atoms with E-state index in [9.17, 15) is 8.42 Å². The van der Waals surface area contributed by atoms with Gasteiger partial charge in [0.2, 0.25) is 0 Å². The van der Waals surface area contributed by atoms with Crippen molar-refractivity contribution in [2.45, 2.75) is 23.8 Å². The van der Waals surface area contributed by atoms with Gasteiger partial charge < -0.3 is 14.6 Å². The first-order chi connectivity index (χ1) is 9.52. The van der Waals surface area contributed by atoms with Crippen molar-refractivity contribution < 1.29 is 23.0 Å². The van der Waals surface area contributed by atoms with Gasteiger partial charge >= 0.3 is 0 Å². The van der Waals surface area contributed by atoms with Gasteiger partial charge in [0.15, 0.2) is 5.03 Å². The lowest BCUT2D eigenvalue weighted by atomic mass is 10.3. The molecule has 1 fully saturated rings. The normalized spacial score (nSPS) is 24.1. The van der Waals surface area contributed by atoms with Gasteiger partial charge in [-0.25, -0.2) is 13.4 Å². The fraction of sp³-hybridized carbons (Fsp3) is 0.583. The van der Waals surface area contributed by atoms with Crippen LogP contribution in [0.1, 0.15) is 5.56 Å². The van der Waals surface area contributed by atoms with E-state index in [-0.39, 0.29) is 36.9 Å². The highest BCUT2D eigenvalue weighted by Gasteiger charge is 2.40. The molecular weight excluding hydrogens is 284 g/mol. The molecule has 1 aliphatic heterocycles. The minimum Gasteiger partial charge on any atom is -0.392 e. The van der Waals surface area contributed by atoms with Crippen LogP contribution in [0, 0.1) is 0 Å². The topological polar surface area (TPSA) is 89.0 Å². The molecule has 2 atom stereocenters. The number of hydrogen-bond donors (Lipinski definition) is 1. The molecule has 2 unspecified atom stereocenters. The Morgan fingerprint density at radius 1 is 1.30 bits per heavy atom. The van der Waals surface area contributed by atoms with Crippen LogP contribution in [0.2, 0.25) is 0 Å². The van der Waals surface area contributed by atoms with Crippen molar-refractivity contribution in [3.63, 3.8) is 0 Å². The van der Waals surface area contributed by atoms with E-state index in [1.165, 1.54) is 36.9 Å². The molecule has 1 aromatic rings. The van der Waals surface area contributed by atoms with Crippen LogP contribution in [0.5, 0.6) is 0 Å². The van der Waals surface area contributed by atoms with Gasteiger partial charge in [-0.3, -0.25) is 0 Å². The molecule has 0 radical (unpaired) electrons. The van der Waals surface area contributed by atoms with E-state index >= 15 is 0 Å². The lowest BCUT2D eigenvalue weighted by Crippen LogP contribution is -2.30. The second-order valence-corrected chi connectivity index (χ2v) is 6.42. The molecule has 0 amide bonds. The van der Waals surface area contributed by atoms with Crippen LogP contribution in [0.25, 0.3) is 0 Å². The van der Waals surface area contributed by atoms with Gasteiger partial charge in [0, 0.05) is 33.5 Å². The molecule has 112 valence electrons. The van der Waals surface area contributed by atoms with Crippen molar-refractivity contribution >= 4 is 10.0 Å². The second kappa shape index (κ2) is 6.15. The van der Waals surface area contributed by atoms with E-state index in [4.69, 9.17) is 14.6 Å². The second-order valence-electron chi connectivity index (χ2n) is 4.53. The van der Waals surface area contributed by atoms with Crippen molar-refractivity contribution in [3.05, 3.63) is 23.9 Å². The first-order valence-electron chi connectivity index (χ1n) is 6.14. The molecule has 2 heterocycles. The van der Waals surface area contributed by atoms with Gasteiger partial charge in [-0.2, -0.15) is 4.31 Å². The van der Waals surface area contributed by atoms with Gasteiger partial charge in [-0.15, -0.1) is 0 Å². The van der Waals surface area contributed by atoms with Crippen LogP contribution in [-0.2, 0) is 26.1 Å². The number of hydrogen-bond acceptors (Lipinski definition) is 6. The van der Waals surface area contributed by atoms with Gasteiger partial charge in [0.25, 0.3) is 10.0 Å². The van der Waals surface area contributed by atoms with E-state index in [1.54, 1.807) is 0 Å². The summed E-state index contributed by atoms with van der Waals surface area (Å²) in [5.74, 6) is 0. The zero-order valence-corrected chi connectivity index (χ0v) is 12.2. The van der Waals surface area contributed by atoms with Gasteiger partial charge in [-0.05, 0) is 11.6 Å². The minimum absolute atomic E-state index is 0.0405. The highest BCUT2D eigenvalue weighted by Crippen LogP contribution is 2.23. The van der Waals surface area contributed by atoms with E-state index < -0.39 is 10.0 Å². The number of aliphatic hydroxyl groups excluding tert-OH is 1. The first-order valence-corrected chi connectivity index (χ1v) is 7.58.